The Morgan fingerprint density at radius 2 is 1.18 bits per heavy atom. The predicted octanol–water partition coefficient (Wildman–Crippen LogP) is 6.12. The van der Waals surface area contributed by atoms with E-state index in [4.69, 9.17) is 0 Å². The van der Waals surface area contributed by atoms with E-state index >= 15 is 0 Å². The molecule has 2 aromatic carbocycles. The van der Waals surface area contributed by atoms with E-state index in [0.717, 1.165) is 0 Å². The molecule has 0 radical (unpaired) electrons. The highest BCUT2D eigenvalue weighted by molar-refractivity contribution is 5.51. The quantitative estimate of drug-likeness (QED) is 0.638. The van der Waals surface area contributed by atoms with E-state index in [1.54, 1.807) is 0 Å². The van der Waals surface area contributed by atoms with Crippen LogP contribution in [0.2, 0.25) is 0 Å². The second-order valence-electron chi connectivity index (χ2n) is 6.61. The number of benzene rings is 2. The molecule has 112 valence electrons. The maximum absolute atomic E-state index is 2.46. The summed E-state index contributed by atoms with van der Waals surface area (Å²) in [7, 11) is 0. The van der Waals surface area contributed by atoms with Crippen molar-refractivity contribution in [1.29, 1.82) is 0 Å². The highest BCUT2D eigenvalue weighted by Crippen LogP contribution is 2.52. The van der Waals surface area contributed by atoms with Gasteiger partial charge in [-0.2, -0.15) is 0 Å². The van der Waals surface area contributed by atoms with Crippen LogP contribution in [0, 0.1) is 5.41 Å². The van der Waals surface area contributed by atoms with Crippen LogP contribution in [0.5, 0.6) is 0 Å². The van der Waals surface area contributed by atoms with Crippen molar-refractivity contribution in [3.63, 3.8) is 0 Å². The van der Waals surface area contributed by atoms with E-state index in [9.17, 15) is 0 Å². The Hall–Kier alpha value is -2.08. The van der Waals surface area contributed by atoms with Gasteiger partial charge >= 0.3 is 0 Å². The number of hydrogen-bond acceptors (Lipinski definition) is 0. The van der Waals surface area contributed by atoms with E-state index in [2.05, 4.69) is 94.4 Å². The van der Waals surface area contributed by atoms with Gasteiger partial charge in [-0.3, -0.25) is 0 Å². The predicted molar refractivity (Wildman–Crippen MR) is 95.0 cm³/mol. The van der Waals surface area contributed by atoms with Crippen LogP contribution in [0.25, 0.3) is 0 Å². The fourth-order valence-electron chi connectivity index (χ4n) is 3.84. The molecule has 1 atom stereocenters. The summed E-state index contributed by atoms with van der Waals surface area (Å²) < 4.78 is 0. The zero-order valence-corrected chi connectivity index (χ0v) is 13.9. The van der Waals surface area contributed by atoms with Gasteiger partial charge in [0.15, 0.2) is 0 Å². The molecule has 0 spiro atoms. The van der Waals surface area contributed by atoms with Gasteiger partial charge in [-0.1, -0.05) is 84.8 Å². The van der Waals surface area contributed by atoms with Crippen LogP contribution in [0.1, 0.15) is 44.7 Å². The maximum Gasteiger partial charge on any atom is 0.0215 e. The van der Waals surface area contributed by atoms with Gasteiger partial charge in [-0.05, 0) is 37.5 Å². The third-order valence-electron chi connectivity index (χ3n) is 5.34. The summed E-state index contributed by atoms with van der Waals surface area (Å²) in [5.41, 5.74) is 7.15. The average molecular weight is 288 g/mol. The van der Waals surface area contributed by atoms with E-state index in [1.807, 2.05) is 0 Å². The van der Waals surface area contributed by atoms with Gasteiger partial charge in [-0.15, -0.1) is 0 Å². The average Bonchev–Trinajstić information content (AvgIpc) is 2.73. The molecule has 0 amide bonds. The Balaban J connectivity index is 2.20. The lowest BCUT2D eigenvalue weighted by atomic mass is 9.67. The smallest absolute Gasteiger partial charge is 0.0215 e. The molecule has 0 aromatic heterocycles. The third-order valence-corrected chi connectivity index (χ3v) is 5.34. The molecule has 2 aromatic rings. The fraction of sp³-hybridized carbons (Fsp3) is 0.273. The number of allylic oxidation sites excluding steroid dienone is 4. The van der Waals surface area contributed by atoms with Crippen molar-refractivity contribution in [1.82, 2.24) is 0 Å². The van der Waals surface area contributed by atoms with Gasteiger partial charge in [0, 0.05) is 11.3 Å². The minimum Gasteiger partial charge on any atom is -0.0704 e. The highest BCUT2D eigenvalue weighted by atomic mass is 14.4. The molecule has 0 saturated heterocycles. The topological polar surface area (TPSA) is 0 Å². The van der Waals surface area contributed by atoms with Crippen LogP contribution in [0.15, 0.2) is 83.5 Å². The van der Waals surface area contributed by atoms with Crippen LogP contribution >= 0.6 is 0 Å². The molecule has 1 aliphatic carbocycles. The zero-order chi connectivity index (χ0) is 15.7. The van der Waals surface area contributed by atoms with E-state index in [-0.39, 0.29) is 5.41 Å². The van der Waals surface area contributed by atoms with Crippen LogP contribution in [0.3, 0.4) is 0 Å². The van der Waals surface area contributed by atoms with E-state index in [1.165, 1.54) is 27.8 Å². The Kier molecular flexibility index (Phi) is 3.78. The summed E-state index contributed by atoms with van der Waals surface area (Å²) in [6, 6.07) is 21.8. The van der Waals surface area contributed by atoms with Crippen LogP contribution in [-0.4, -0.2) is 0 Å². The van der Waals surface area contributed by atoms with Gasteiger partial charge in [0.25, 0.3) is 0 Å². The first kappa shape index (κ1) is 14.8. The summed E-state index contributed by atoms with van der Waals surface area (Å²) in [4.78, 5) is 0. The monoisotopic (exact) mass is 288 g/mol. The first-order chi connectivity index (χ1) is 10.5. The van der Waals surface area contributed by atoms with Gasteiger partial charge in [0.2, 0.25) is 0 Å². The van der Waals surface area contributed by atoms with Gasteiger partial charge in [0.1, 0.15) is 0 Å². The molecule has 1 unspecified atom stereocenters. The second kappa shape index (κ2) is 5.61. The Morgan fingerprint density at radius 1 is 0.727 bits per heavy atom. The number of rotatable bonds is 3. The Morgan fingerprint density at radius 3 is 1.55 bits per heavy atom. The van der Waals surface area contributed by atoms with Crippen LogP contribution in [0.4, 0.5) is 0 Å². The largest absolute Gasteiger partial charge is 0.0704 e. The fourth-order valence-corrected chi connectivity index (χ4v) is 3.84. The molecule has 0 nitrogen and oxygen atoms in total. The summed E-state index contributed by atoms with van der Waals surface area (Å²) in [5, 5.41) is 0. The Bertz CT molecular complexity index is 680. The lowest BCUT2D eigenvalue weighted by Crippen LogP contribution is -2.24. The number of hydrogen-bond donors (Lipinski definition) is 0. The van der Waals surface area contributed by atoms with E-state index < -0.39 is 0 Å². The lowest BCUT2D eigenvalue weighted by molar-refractivity contribution is 0.452. The molecule has 22 heavy (non-hydrogen) atoms. The summed E-state index contributed by atoms with van der Waals surface area (Å²) >= 11 is 0. The standard InChI is InChI=1S/C22H24/c1-16-15-22(4,18(3)17(16)2)21(19-11-7-5-8-12-19)20-13-9-6-10-14-20/h5-15,21H,1-4H3. The van der Waals surface area contributed by atoms with Gasteiger partial charge in [-0.25, -0.2) is 0 Å². The molecule has 0 aliphatic heterocycles. The van der Waals surface area contributed by atoms with E-state index in [0.29, 0.717) is 5.92 Å². The van der Waals surface area contributed by atoms with Gasteiger partial charge < -0.3 is 0 Å². The molecule has 0 heterocycles. The lowest BCUT2D eigenvalue weighted by Gasteiger charge is -2.36. The van der Waals surface area contributed by atoms with Crippen molar-refractivity contribution in [3.05, 3.63) is 94.6 Å². The SMILES string of the molecule is CC1=CC(C)(C(c2ccccc2)c2ccccc2)C(C)=C1C. The van der Waals surface area contributed by atoms with Crippen molar-refractivity contribution < 1.29 is 0 Å². The second-order valence-corrected chi connectivity index (χ2v) is 6.61. The van der Waals surface area contributed by atoms with Crippen molar-refractivity contribution in [3.8, 4) is 0 Å². The van der Waals surface area contributed by atoms with Crippen molar-refractivity contribution in [2.24, 2.45) is 5.41 Å². The molecule has 1 aliphatic rings. The third kappa shape index (κ3) is 2.33. The molecule has 0 fully saturated rings. The normalized spacial score (nSPS) is 21.4. The van der Waals surface area contributed by atoms with Crippen molar-refractivity contribution in [2.75, 3.05) is 0 Å². The summed E-state index contributed by atoms with van der Waals surface area (Å²) in [5.74, 6) is 0.349. The molecule has 3 rings (SSSR count). The molecule has 0 saturated carbocycles. The zero-order valence-electron chi connectivity index (χ0n) is 13.9. The van der Waals surface area contributed by atoms with Crippen LogP contribution in [-0.2, 0) is 0 Å². The Labute approximate surface area is 134 Å². The first-order valence-corrected chi connectivity index (χ1v) is 8.01. The molecule has 0 N–H and O–H groups in total. The summed E-state index contributed by atoms with van der Waals surface area (Å²) in [6.07, 6.45) is 2.46. The molecular weight excluding hydrogens is 264 g/mol. The minimum atomic E-state index is 0.0386. The molecule has 0 heteroatoms. The van der Waals surface area contributed by atoms with Crippen molar-refractivity contribution in [2.45, 2.75) is 33.6 Å². The minimum absolute atomic E-state index is 0.0386. The first-order valence-electron chi connectivity index (χ1n) is 8.01. The van der Waals surface area contributed by atoms with Gasteiger partial charge in [0.05, 0.1) is 0 Å². The molecular formula is C22H24. The maximum atomic E-state index is 2.46. The van der Waals surface area contributed by atoms with Crippen molar-refractivity contribution >= 4 is 0 Å². The highest BCUT2D eigenvalue weighted by Gasteiger charge is 2.39. The van der Waals surface area contributed by atoms with Crippen LogP contribution < -0.4 is 0 Å². The summed E-state index contributed by atoms with van der Waals surface area (Å²) in [6.45, 7) is 9.16. The molecule has 0 bridgehead atoms.